The van der Waals surface area contributed by atoms with Crippen molar-refractivity contribution in [3.63, 3.8) is 0 Å². The molecule has 1 unspecified atom stereocenters. The van der Waals surface area contributed by atoms with Crippen molar-refractivity contribution < 1.29 is 32.2 Å². The van der Waals surface area contributed by atoms with Gasteiger partial charge >= 0.3 is 12.1 Å². The van der Waals surface area contributed by atoms with Gasteiger partial charge in [-0.2, -0.15) is 13.2 Å². The molecule has 6 bridgehead atoms. The van der Waals surface area contributed by atoms with E-state index in [9.17, 15) is 18.0 Å². The van der Waals surface area contributed by atoms with Gasteiger partial charge in [0.15, 0.2) is 0 Å². The summed E-state index contributed by atoms with van der Waals surface area (Å²) in [6, 6.07) is 7.00. The van der Waals surface area contributed by atoms with Crippen LogP contribution in [0.3, 0.4) is 0 Å². The fourth-order valence-corrected chi connectivity index (χ4v) is 7.01. The van der Waals surface area contributed by atoms with Crippen LogP contribution >= 0.6 is 0 Å². The Morgan fingerprint density at radius 1 is 1.04 bits per heavy atom. The summed E-state index contributed by atoms with van der Waals surface area (Å²) in [5.41, 5.74) is -3.39. The number of carbonyl (C=O) groups excluding carboxylic acids is 1. The molecule has 0 aliphatic heterocycles. The van der Waals surface area contributed by atoms with Gasteiger partial charge in [0, 0.05) is 31.6 Å². The topological polar surface area (TPSA) is 44.8 Å². The highest BCUT2D eigenvalue weighted by atomic mass is 19.4. The predicted octanol–water partition coefficient (Wildman–Crippen LogP) is 3.41. The molecule has 4 nitrogen and oxygen atoms in total. The highest BCUT2D eigenvalue weighted by molar-refractivity contribution is 5.83. The van der Waals surface area contributed by atoms with Crippen molar-refractivity contribution in [3.05, 3.63) is 35.9 Å². The Morgan fingerprint density at radius 2 is 1.68 bits per heavy atom. The van der Waals surface area contributed by atoms with E-state index in [4.69, 9.17) is 14.2 Å². The van der Waals surface area contributed by atoms with Crippen molar-refractivity contribution in [2.24, 2.45) is 41.4 Å². The molecule has 0 N–H and O–H groups in total. The second kappa shape index (κ2) is 5.95. The fraction of sp³-hybridized carbons (Fsp3) is 0.667. The third kappa shape index (κ3) is 2.12. The van der Waals surface area contributed by atoms with Crippen LogP contribution < -0.4 is 0 Å². The van der Waals surface area contributed by atoms with Crippen molar-refractivity contribution in [3.8, 4) is 0 Å². The highest BCUT2D eigenvalue weighted by Crippen LogP contribution is 2.82. The number of carbonyl (C=O) groups is 1. The predicted molar refractivity (Wildman–Crippen MR) is 92.0 cm³/mol. The summed E-state index contributed by atoms with van der Waals surface area (Å²) in [4.78, 5) is 13.1. The van der Waals surface area contributed by atoms with Crippen molar-refractivity contribution in [1.29, 1.82) is 0 Å². The minimum atomic E-state index is -4.95. The Hall–Kier alpha value is -1.60. The van der Waals surface area contributed by atoms with E-state index in [0.717, 1.165) is 13.5 Å². The maximum absolute atomic E-state index is 14.1. The van der Waals surface area contributed by atoms with E-state index >= 15 is 0 Å². The van der Waals surface area contributed by atoms with Gasteiger partial charge in [0.2, 0.25) is 0 Å². The summed E-state index contributed by atoms with van der Waals surface area (Å²) >= 11 is 0. The molecule has 6 rings (SSSR count). The maximum atomic E-state index is 14.1. The molecule has 9 atom stereocenters. The SMILES string of the molecule is COC[C@@H]1[C@@H](OC(=O)C(OC)(c2ccccc2)C(F)(F)F)[C@H]2[C@@H]3C[C@H]4[C@@H]([C@H]13)[C@H]42. The second-order valence-electron chi connectivity index (χ2n) is 8.61. The van der Waals surface area contributed by atoms with E-state index in [1.54, 1.807) is 13.2 Å². The Morgan fingerprint density at radius 3 is 2.25 bits per heavy atom. The number of halogens is 3. The zero-order valence-electron chi connectivity index (χ0n) is 15.7. The van der Waals surface area contributed by atoms with Gasteiger partial charge in [-0.05, 0) is 36.0 Å². The largest absolute Gasteiger partial charge is 0.459 e. The lowest BCUT2D eigenvalue weighted by Crippen LogP contribution is -2.53. The molecule has 152 valence electrons. The number of benzene rings is 1. The molecule has 5 fully saturated rings. The van der Waals surface area contributed by atoms with E-state index in [1.165, 1.54) is 24.3 Å². The minimum Gasteiger partial charge on any atom is -0.459 e. The van der Waals surface area contributed by atoms with Crippen LogP contribution in [0.1, 0.15) is 12.0 Å². The molecule has 7 heteroatoms. The zero-order valence-corrected chi connectivity index (χ0v) is 15.7. The summed E-state index contributed by atoms with van der Waals surface area (Å²) in [5, 5.41) is 0. The number of ether oxygens (including phenoxy) is 3. The van der Waals surface area contributed by atoms with E-state index in [0.29, 0.717) is 36.2 Å². The first-order valence-electron chi connectivity index (χ1n) is 9.74. The first-order valence-corrected chi connectivity index (χ1v) is 9.74. The van der Waals surface area contributed by atoms with Crippen LogP contribution in [0.5, 0.6) is 0 Å². The van der Waals surface area contributed by atoms with E-state index in [-0.39, 0.29) is 17.4 Å². The maximum Gasteiger partial charge on any atom is 0.432 e. The number of methoxy groups -OCH3 is 2. The van der Waals surface area contributed by atoms with Gasteiger partial charge in [0.25, 0.3) is 5.60 Å². The summed E-state index contributed by atoms with van der Waals surface area (Å²) < 4.78 is 58.3. The van der Waals surface area contributed by atoms with Gasteiger partial charge in [0.05, 0.1) is 6.61 Å². The number of alkyl halides is 3. The van der Waals surface area contributed by atoms with Crippen molar-refractivity contribution in [2.45, 2.75) is 24.3 Å². The summed E-state index contributed by atoms with van der Waals surface area (Å²) in [6.45, 7) is 0.406. The van der Waals surface area contributed by atoms with Gasteiger partial charge in [0.1, 0.15) is 6.10 Å². The van der Waals surface area contributed by atoms with Crippen molar-refractivity contribution >= 4 is 5.97 Å². The van der Waals surface area contributed by atoms with Gasteiger partial charge in [-0.15, -0.1) is 0 Å². The number of esters is 1. The molecule has 0 amide bonds. The first kappa shape index (κ1) is 18.4. The molecule has 1 aromatic rings. The summed E-state index contributed by atoms with van der Waals surface area (Å²) in [7, 11) is 2.49. The molecule has 0 saturated heterocycles. The monoisotopic (exact) mass is 396 g/mol. The third-order valence-corrected chi connectivity index (χ3v) is 7.79. The number of hydrogen-bond donors (Lipinski definition) is 0. The summed E-state index contributed by atoms with van der Waals surface area (Å²) in [6.07, 6.45) is -4.36. The average molecular weight is 396 g/mol. The normalized spacial score (nSPS) is 41.8. The molecule has 0 spiro atoms. The summed E-state index contributed by atoms with van der Waals surface area (Å²) in [5.74, 6) is 1.48. The Balaban J connectivity index is 1.47. The minimum absolute atomic E-state index is 0.0312. The fourth-order valence-electron chi connectivity index (χ4n) is 7.01. The molecule has 5 aliphatic carbocycles. The molecule has 1 aromatic carbocycles. The molecule has 5 aliphatic rings. The van der Waals surface area contributed by atoms with Crippen LogP contribution in [0.4, 0.5) is 13.2 Å². The third-order valence-electron chi connectivity index (χ3n) is 7.79. The lowest BCUT2D eigenvalue weighted by atomic mass is 9.86. The molecular formula is C21H23F3O4. The van der Waals surface area contributed by atoms with Crippen molar-refractivity contribution in [1.82, 2.24) is 0 Å². The van der Waals surface area contributed by atoms with Crippen molar-refractivity contribution in [2.75, 3.05) is 20.8 Å². The number of hydrogen-bond acceptors (Lipinski definition) is 4. The Labute approximate surface area is 161 Å². The standard InChI is InChI=1S/C21H23F3O4/c1-26-9-13-14-11-8-12-15(14)16(12)17(11)18(13)28-19(25)20(27-2,21(22,23)24)10-6-4-3-5-7-10/h3-7,11-18H,8-9H2,1-2H3/t11-,12+,13+,14+,15+,16+,17+,18-,20?/m1/s1. The van der Waals surface area contributed by atoms with Crippen LogP contribution in [0.2, 0.25) is 0 Å². The van der Waals surface area contributed by atoms with Crippen LogP contribution in [0.15, 0.2) is 30.3 Å². The molecule has 0 radical (unpaired) electrons. The Kier molecular flexibility index (Phi) is 3.92. The first-order chi connectivity index (χ1) is 13.4. The van der Waals surface area contributed by atoms with Gasteiger partial charge in [-0.25, -0.2) is 4.79 Å². The van der Waals surface area contributed by atoms with Crippen LogP contribution in [0.25, 0.3) is 0 Å². The van der Waals surface area contributed by atoms with Crippen LogP contribution in [0, 0.1) is 41.4 Å². The highest BCUT2D eigenvalue weighted by Gasteiger charge is 2.81. The lowest BCUT2D eigenvalue weighted by molar-refractivity contribution is -0.280. The zero-order chi connectivity index (χ0) is 19.8. The van der Waals surface area contributed by atoms with Gasteiger partial charge in [-0.3, -0.25) is 0 Å². The molecule has 0 aromatic heterocycles. The smallest absolute Gasteiger partial charge is 0.432 e. The van der Waals surface area contributed by atoms with E-state index < -0.39 is 23.9 Å². The average Bonchev–Trinajstić information content (AvgIpc) is 2.97. The second-order valence-corrected chi connectivity index (χ2v) is 8.61. The van der Waals surface area contributed by atoms with Gasteiger partial charge in [-0.1, -0.05) is 30.3 Å². The quantitative estimate of drug-likeness (QED) is 0.692. The molecule has 28 heavy (non-hydrogen) atoms. The molecular weight excluding hydrogens is 373 g/mol. The molecule has 5 saturated carbocycles. The number of rotatable bonds is 6. The van der Waals surface area contributed by atoms with E-state index in [2.05, 4.69) is 0 Å². The van der Waals surface area contributed by atoms with Gasteiger partial charge < -0.3 is 14.2 Å². The lowest BCUT2D eigenvalue weighted by Gasteiger charge is -2.36. The molecule has 0 heterocycles. The Bertz CT molecular complexity index is 782. The van der Waals surface area contributed by atoms with Crippen LogP contribution in [-0.2, 0) is 24.6 Å². The van der Waals surface area contributed by atoms with E-state index in [1.807, 2.05) is 0 Å². The van der Waals surface area contributed by atoms with Crippen LogP contribution in [-0.4, -0.2) is 39.1 Å².